The van der Waals surface area contributed by atoms with Crippen LogP contribution in [0.3, 0.4) is 0 Å². The van der Waals surface area contributed by atoms with Crippen LogP contribution in [0, 0.1) is 0 Å². The van der Waals surface area contributed by atoms with Crippen molar-refractivity contribution in [2.75, 3.05) is 5.32 Å². The van der Waals surface area contributed by atoms with Crippen LogP contribution in [-0.2, 0) is 17.8 Å². The fourth-order valence-corrected chi connectivity index (χ4v) is 4.76. The number of hydrogen-bond donors (Lipinski definition) is 2. The first kappa shape index (κ1) is 23.0. The lowest BCUT2D eigenvalue weighted by molar-refractivity contribution is 0.111. The maximum Gasteiger partial charge on any atom is 0.414 e. The van der Waals surface area contributed by atoms with Crippen LogP contribution in [0.15, 0.2) is 59.5 Å². The zero-order valence-electron chi connectivity index (χ0n) is 19.6. The van der Waals surface area contributed by atoms with E-state index in [1.165, 1.54) is 0 Å². The molecule has 0 bridgehead atoms. The number of aliphatic hydroxyl groups is 1. The van der Waals surface area contributed by atoms with E-state index in [2.05, 4.69) is 22.2 Å². The zero-order valence-corrected chi connectivity index (χ0v) is 19.6. The molecule has 35 heavy (non-hydrogen) atoms. The van der Waals surface area contributed by atoms with Crippen LogP contribution in [0.25, 0.3) is 21.8 Å². The topological polar surface area (TPSA) is 106 Å². The van der Waals surface area contributed by atoms with E-state index in [-0.39, 0.29) is 30.3 Å². The van der Waals surface area contributed by atoms with Crippen molar-refractivity contribution >= 4 is 33.8 Å². The average molecular weight is 473 g/mol. The van der Waals surface area contributed by atoms with E-state index < -0.39 is 6.09 Å². The first-order chi connectivity index (χ1) is 17.0. The van der Waals surface area contributed by atoms with Gasteiger partial charge in [0.1, 0.15) is 12.3 Å². The number of carbonyl (C=O) groups excluding carboxylic acids is 1. The molecule has 0 saturated heterocycles. The summed E-state index contributed by atoms with van der Waals surface area (Å²) in [7, 11) is 0. The zero-order chi connectivity index (χ0) is 24.4. The highest BCUT2D eigenvalue weighted by Gasteiger charge is 2.25. The fourth-order valence-electron chi connectivity index (χ4n) is 4.76. The number of carbonyl (C=O) groups is 1. The molecule has 1 amide bonds. The quantitative estimate of drug-likeness (QED) is 0.407. The minimum absolute atomic E-state index is 0.0732. The van der Waals surface area contributed by atoms with Crippen molar-refractivity contribution in [1.29, 1.82) is 0 Å². The summed E-state index contributed by atoms with van der Waals surface area (Å²) in [6.07, 6.45) is 4.09. The van der Waals surface area contributed by atoms with Gasteiger partial charge in [0, 0.05) is 23.0 Å². The number of aromatic nitrogens is 3. The summed E-state index contributed by atoms with van der Waals surface area (Å²) in [5.74, 6) is 0.0732. The Hall–Kier alpha value is -3.78. The number of rotatable bonds is 5. The Balaban J connectivity index is 1.53. The highest BCUT2D eigenvalue weighted by molar-refractivity contribution is 6.04. The molecule has 1 aliphatic carbocycles. The lowest BCUT2D eigenvalue weighted by Crippen LogP contribution is -2.30. The molecule has 2 aromatic heterocycles. The Bertz CT molecular complexity index is 1430. The van der Waals surface area contributed by atoms with Gasteiger partial charge in [-0.05, 0) is 54.7 Å². The predicted molar refractivity (Wildman–Crippen MR) is 134 cm³/mol. The van der Waals surface area contributed by atoms with Crippen molar-refractivity contribution < 1.29 is 14.6 Å². The molecular weight excluding hydrogens is 444 g/mol. The second-order valence-corrected chi connectivity index (χ2v) is 8.99. The third-order valence-corrected chi connectivity index (χ3v) is 6.69. The monoisotopic (exact) mass is 472 g/mol. The molecule has 0 unspecified atom stereocenters. The number of aryl methyl sites for hydroxylation is 1. The van der Waals surface area contributed by atoms with Crippen molar-refractivity contribution in [3.05, 3.63) is 76.2 Å². The Kier molecular flexibility index (Phi) is 6.46. The molecule has 0 spiro atoms. The summed E-state index contributed by atoms with van der Waals surface area (Å²) in [4.78, 5) is 35.0. The molecule has 8 heteroatoms. The Morgan fingerprint density at radius 3 is 2.57 bits per heavy atom. The molecule has 2 N–H and O–H groups in total. The predicted octanol–water partition coefficient (Wildman–Crippen LogP) is 4.73. The van der Waals surface area contributed by atoms with E-state index >= 15 is 0 Å². The van der Waals surface area contributed by atoms with E-state index in [0.717, 1.165) is 28.3 Å². The Labute approximate surface area is 202 Å². The van der Waals surface area contributed by atoms with Crippen LogP contribution in [0.1, 0.15) is 49.8 Å². The summed E-state index contributed by atoms with van der Waals surface area (Å²) in [6, 6.07) is 15.2. The Morgan fingerprint density at radius 2 is 1.83 bits per heavy atom. The molecule has 180 valence electrons. The first-order valence-corrected chi connectivity index (χ1v) is 12.0. The molecule has 5 rings (SSSR count). The smallest absolute Gasteiger partial charge is 0.414 e. The molecule has 0 aliphatic heterocycles. The van der Waals surface area contributed by atoms with Gasteiger partial charge < -0.3 is 9.84 Å². The van der Waals surface area contributed by atoms with Crippen LogP contribution in [0.2, 0.25) is 0 Å². The number of nitrogens with one attached hydrogen (secondary N) is 1. The van der Waals surface area contributed by atoms with Crippen LogP contribution in [0.5, 0.6) is 0 Å². The first-order valence-electron chi connectivity index (χ1n) is 12.0. The molecular formula is C27H28N4O4. The maximum atomic E-state index is 13.7. The highest BCUT2D eigenvalue weighted by atomic mass is 16.5. The fraction of sp³-hybridized carbons (Fsp3) is 0.333. The van der Waals surface area contributed by atoms with Crippen molar-refractivity contribution in [3.63, 3.8) is 0 Å². The summed E-state index contributed by atoms with van der Waals surface area (Å²) in [5, 5.41) is 14.8. The van der Waals surface area contributed by atoms with Gasteiger partial charge in [0.2, 0.25) is 5.95 Å². The summed E-state index contributed by atoms with van der Waals surface area (Å²) in [5.41, 5.74) is 2.32. The lowest BCUT2D eigenvalue weighted by Gasteiger charge is -2.28. The van der Waals surface area contributed by atoms with Crippen molar-refractivity contribution in [3.8, 4) is 0 Å². The molecule has 2 aromatic carbocycles. The standard InChI is InChI=1S/C27H28N4O4/c1-2-17-8-13-21-22(14-17)25(33)31(19-9-11-20(32)12-10-19)24-23(21)15-28-26(29-24)30-27(34)35-16-18-6-4-3-5-7-18/h3-8,13-15,19-20,32H,2,9-12,16H2,1H3,(H,28,29,30,34). The van der Waals surface area contributed by atoms with Gasteiger partial charge in [-0.15, -0.1) is 0 Å². The number of pyridine rings is 1. The van der Waals surface area contributed by atoms with E-state index in [4.69, 9.17) is 4.74 Å². The number of anilines is 1. The largest absolute Gasteiger partial charge is 0.444 e. The van der Waals surface area contributed by atoms with Crippen LogP contribution >= 0.6 is 0 Å². The average Bonchev–Trinajstić information content (AvgIpc) is 2.89. The number of amides is 1. The second kappa shape index (κ2) is 9.84. The third kappa shape index (κ3) is 4.74. The summed E-state index contributed by atoms with van der Waals surface area (Å²) < 4.78 is 7.02. The van der Waals surface area contributed by atoms with Crippen molar-refractivity contribution in [1.82, 2.24) is 14.5 Å². The van der Waals surface area contributed by atoms with E-state index in [1.54, 1.807) is 10.8 Å². The van der Waals surface area contributed by atoms with Gasteiger partial charge in [-0.25, -0.2) is 9.78 Å². The van der Waals surface area contributed by atoms with Gasteiger partial charge in [-0.1, -0.05) is 49.4 Å². The number of hydrogen-bond acceptors (Lipinski definition) is 6. The summed E-state index contributed by atoms with van der Waals surface area (Å²) in [6.45, 7) is 2.18. The van der Waals surface area contributed by atoms with E-state index in [1.807, 2.05) is 48.5 Å². The minimum Gasteiger partial charge on any atom is -0.444 e. The molecule has 0 radical (unpaired) electrons. The van der Waals surface area contributed by atoms with Crippen LogP contribution in [0.4, 0.5) is 10.7 Å². The van der Waals surface area contributed by atoms with Gasteiger partial charge in [-0.3, -0.25) is 14.7 Å². The summed E-state index contributed by atoms with van der Waals surface area (Å²) >= 11 is 0. The number of aliphatic hydroxyl groups excluding tert-OH is 1. The van der Waals surface area contributed by atoms with E-state index in [9.17, 15) is 14.7 Å². The SMILES string of the molecule is CCc1ccc2c(c1)c(=O)n(C1CCC(O)CC1)c1nc(NC(=O)OCc3ccccc3)ncc21. The number of fused-ring (bicyclic) bond motifs is 3. The van der Waals surface area contributed by atoms with Gasteiger partial charge in [0.05, 0.1) is 6.10 Å². The maximum absolute atomic E-state index is 13.7. The Morgan fingerprint density at radius 1 is 1.06 bits per heavy atom. The molecule has 2 heterocycles. The highest BCUT2D eigenvalue weighted by Crippen LogP contribution is 2.32. The molecule has 8 nitrogen and oxygen atoms in total. The van der Waals surface area contributed by atoms with Gasteiger partial charge in [0.15, 0.2) is 0 Å². The molecule has 1 fully saturated rings. The van der Waals surface area contributed by atoms with Crippen molar-refractivity contribution in [2.45, 2.75) is 57.8 Å². The third-order valence-electron chi connectivity index (χ3n) is 6.69. The molecule has 4 aromatic rings. The normalized spacial score (nSPS) is 18.0. The minimum atomic E-state index is -0.670. The van der Waals surface area contributed by atoms with Crippen LogP contribution in [-0.4, -0.2) is 31.8 Å². The van der Waals surface area contributed by atoms with Crippen molar-refractivity contribution in [2.24, 2.45) is 0 Å². The van der Waals surface area contributed by atoms with Gasteiger partial charge in [0.25, 0.3) is 5.56 Å². The number of ether oxygens (including phenoxy) is 1. The molecule has 1 saturated carbocycles. The van der Waals surface area contributed by atoms with Crippen LogP contribution < -0.4 is 10.9 Å². The van der Waals surface area contributed by atoms with Gasteiger partial charge in [-0.2, -0.15) is 4.98 Å². The van der Waals surface area contributed by atoms with E-state index in [0.29, 0.717) is 36.7 Å². The molecule has 0 atom stereocenters. The number of benzene rings is 2. The van der Waals surface area contributed by atoms with Gasteiger partial charge >= 0.3 is 6.09 Å². The second-order valence-electron chi connectivity index (χ2n) is 8.99. The lowest BCUT2D eigenvalue weighted by atomic mass is 9.92. The molecule has 1 aliphatic rings. The number of nitrogens with zero attached hydrogens (tertiary/aromatic N) is 3.